The van der Waals surface area contributed by atoms with E-state index in [0.717, 1.165) is 0 Å². The van der Waals surface area contributed by atoms with Gasteiger partial charge >= 0.3 is 6.18 Å². The minimum absolute atomic E-state index is 0.905. The molecule has 0 saturated carbocycles. The molecule has 0 nitrogen and oxygen atoms in total. The Balaban J connectivity index is 4.36. The number of alkyl halides is 7. The van der Waals surface area contributed by atoms with Gasteiger partial charge in [-0.2, -0.15) is 13.2 Å². The Morgan fingerprint density at radius 3 is 1.64 bits per heavy atom. The largest absolute Gasteiger partial charge is 0.419 e. The first-order valence-electron chi connectivity index (χ1n) is 3.63. The second kappa shape index (κ2) is 4.35. The number of halogens is 7. The van der Waals surface area contributed by atoms with Gasteiger partial charge in [0.25, 0.3) is 5.92 Å². The molecule has 0 heterocycles. The average molecular weight is 225 g/mol. The maximum absolute atomic E-state index is 12.4. The van der Waals surface area contributed by atoms with E-state index in [1.165, 1.54) is 0 Å². The van der Waals surface area contributed by atoms with Gasteiger partial charge in [-0.05, 0) is 6.42 Å². The van der Waals surface area contributed by atoms with E-state index in [1.807, 2.05) is 0 Å². The third-order valence-corrected chi connectivity index (χ3v) is 1.52. The lowest BCUT2D eigenvalue weighted by molar-refractivity contribution is -0.206. The predicted octanol–water partition coefficient (Wildman–Crippen LogP) is 3.47. The van der Waals surface area contributed by atoms with Gasteiger partial charge in [-0.25, -0.2) is 17.6 Å². The van der Waals surface area contributed by atoms with Crippen LogP contribution in [0.5, 0.6) is 0 Å². The van der Waals surface area contributed by atoms with Gasteiger partial charge in [-0.1, -0.05) is 6.92 Å². The summed E-state index contributed by atoms with van der Waals surface area (Å²) < 4.78 is 83.8. The maximum Gasteiger partial charge on any atom is 0.419 e. The van der Waals surface area contributed by atoms with Crippen LogP contribution in [-0.4, -0.2) is 24.4 Å². The van der Waals surface area contributed by atoms with Crippen LogP contribution in [0.4, 0.5) is 30.7 Å². The van der Waals surface area contributed by atoms with Crippen molar-refractivity contribution in [3.05, 3.63) is 6.92 Å². The summed E-state index contributed by atoms with van der Waals surface area (Å²) in [5.41, 5.74) is 0. The maximum atomic E-state index is 12.4. The summed E-state index contributed by atoms with van der Waals surface area (Å²) in [4.78, 5) is 0. The van der Waals surface area contributed by atoms with Gasteiger partial charge in [-0.3, -0.25) is 0 Å². The Morgan fingerprint density at radius 2 is 1.36 bits per heavy atom. The second-order valence-electron chi connectivity index (χ2n) is 2.73. The molecule has 2 atom stereocenters. The fourth-order valence-corrected chi connectivity index (χ4v) is 0.694. The Morgan fingerprint density at radius 1 is 0.929 bits per heavy atom. The Labute approximate surface area is 76.1 Å². The van der Waals surface area contributed by atoms with E-state index in [2.05, 4.69) is 6.92 Å². The summed E-state index contributed by atoms with van der Waals surface area (Å²) in [6.45, 7) is 2.76. The van der Waals surface area contributed by atoms with Crippen molar-refractivity contribution in [2.45, 2.75) is 37.3 Å². The molecule has 0 aromatic heterocycles. The van der Waals surface area contributed by atoms with Crippen molar-refractivity contribution in [2.24, 2.45) is 0 Å². The molecule has 0 bridgehead atoms. The van der Waals surface area contributed by atoms with Crippen LogP contribution >= 0.6 is 0 Å². The minimum Gasteiger partial charge on any atom is -0.241 e. The zero-order valence-corrected chi connectivity index (χ0v) is 6.92. The third kappa shape index (κ3) is 3.71. The zero-order chi connectivity index (χ0) is 11.6. The third-order valence-electron chi connectivity index (χ3n) is 1.52. The molecule has 0 aromatic carbocycles. The highest BCUT2D eigenvalue weighted by atomic mass is 19.4. The van der Waals surface area contributed by atoms with Crippen LogP contribution in [0.2, 0.25) is 0 Å². The first-order valence-corrected chi connectivity index (χ1v) is 3.63. The molecule has 1 unspecified atom stereocenters. The minimum atomic E-state index is -5.38. The fraction of sp³-hybridized carbons (Fsp3) is 0.857. The van der Waals surface area contributed by atoms with Crippen molar-refractivity contribution in [1.29, 1.82) is 0 Å². The summed E-state index contributed by atoms with van der Waals surface area (Å²) in [5, 5.41) is 0. The van der Waals surface area contributed by atoms with Crippen LogP contribution in [0.15, 0.2) is 0 Å². The van der Waals surface area contributed by atoms with E-state index in [9.17, 15) is 30.7 Å². The molecule has 85 valence electrons. The number of hydrogen-bond acceptors (Lipinski definition) is 0. The van der Waals surface area contributed by atoms with E-state index < -0.39 is 37.3 Å². The lowest BCUT2D eigenvalue weighted by Gasteiger charge is -2.22. The van der Waals surface area contributed by atoms with Crippen molar-refractivity contribution in [3.8, 4) is 0 Å². The molecular formula is C7H8F7. The molecule has 0 amide bonds. The van der Waals surface area contributed by atoms with E-state index in [1.54, 1.807) is 0 Å². The van der Waals surface area contributed by atoms with Gasteiger partial charge in [-0.15, -0.1) is 0 Å². The van der Waals surface area contributed by atoms with Crippen LogP contribution in [0.25, 0.3) is 0 Å². The van der Waals surface area contributed by atoms with Crippen molar-refractivity contribution in [2.75, 3.05) is 0 Å². The van der Waals surface area contributed by atoms with E-state index in [0.29, 0.717) is 0 Å². The van der Waals surface area contributed by atoms with Crippen molar-refractivity contribution in [1.82, 2.24) is 0 Å². The summed E-state index contributed by atoms with van der Waals surface area (Å²) in [7, 11) is 0. The molecule has 14 heavy (non-hydrogen) atoms. The molecule has 7 heteroatoms. The van der Waals surface area contributed by atoms with Crippen LogP contribution in [0.3, 0.4) is 0 Å². The molecule has 0 aliphatic carbocycles. The van der Waals surface area contributed by atoms with E-state index in [-0.39, 0.29) is 0 Å². The van der Waals surface area contributed by atoms with Gasteiger partial charge < -0.3 is 0 Å². The van der Waals surface area contributed by atoms with E-state index >= 15 is 0 Å². The van der Waals surface area contributed by atoms with Crippen molar-refractivity contribution in [3.63, 3.8) is 0 Å². The lowest BCUT2D eigenvalue weighted by atomic mass is 10.1. The first-order chi connectivity index (χ1) is 6.11. The monoisotopic (exact) mass is 225 g/mol. The highest BCUT2D eigenvalue weighted by Crippen LogP contribution is 2.35. The normalized spacial score (nSPS) is 18.0. The second-order valence-corrected chi connectivity index (χ2v) is 2.73. The average Bonchev–Trinajstić information content (AvgIpc) is 2.00. The van der Waals surface area contributed by atoms with Gasteiger partial charge in [0, 0.05) is 0 Å². The molecule has 0 saturated heterocycles. The Kier molecular flexibility index (Phi) is 4.20. The molecule has 0 aromatic rings. The number of rotatable bonds is 4. The van der Waals surface area contributed by atoms with Gasteiger partial charge in [0.2, 0.25) is 6.17 Å². The quantitative estimate of drug-likeness (QED) is 0.642. The highest BCUT2D eigenvalue weighted by Gasteiger charge is 2.50. The van der Waals surface area contributed by atoms with Gasteiger partial charge in [0.1, 0.15) is 0 Å². The SMILES string of the molecule is [CH2]CC(F)C(F)(F)C[C@H](F)C(F)(F)F. The molecular weight excluding hydrogens is 217 g/mol. The van der Waals surface area contributed by atoms with Crippen LogP contribution in [0, 0.1) is 6.92 Å². The molecule has 1 radical (unpaired) electrons. The molecule has 0 spiro atoms. The molecule has 0 N–H and O–H groups in total. The van der Waals surface area contributed by atoms with Crippen molar-refractivity contribution < 1.29 is 30.7 Å². The van der Waals surface area contributed by atoms with Gasteiger partial charge in [0.15, 0.2) is 6.17 Å². The molecule has 0 rings (SSSR count). The summed E-state index contributed by atoms with van der Waals surface area (Å²) in [6, 6.07) is 0. The van der Waals surface area contributed by atoms with Crippen molar-refractivity contribution >= 4 is 0 Å². The molecule has 0 aliphatic heterocycles. The van der Waals surface area contributed by atoms with Crippen LogP contribution in [0.1, 0.15) is 12.8 Å². The lowest BCUT2D eigenvalue weighted by Crippen LogP contribution is -2.37. The van der Waals surface area contributed by atoms with E-state index in [4.69, 9.17) is 0 Å². The first kappa shape index (κ1) is 13.5. The number of hydrogen-bond donors (Lipinski definition) is 0. The summed E-state index contributed by atoms with van der Waals surface area (Å²) in [5.74, 6) is -4.34. The topological polar surface area (TPSA) is 0 Å². The smallest absolute Gasteiger partial charge is 0.241 e. The molecule has 0 fully saturated rings. The predicted molar refractivity (Wildman–Crippen MR) is 35.4 cm³/mol. The Hall–Kier alpha value is -0.490. The fourth-order valence-electron chi connectivity index (χ4n) is 0.694. The standard InChI is InChI=1S/C7H8F7/c1-2-4(8)6(10,11)3-5(9)7(12,13)14/h4-5H,1-3H2/t4?,5-/m0/s1. The zero-order valence-electron chi connectivity index (χ0n) is 6.92. The van der Waals surface area contributed by atoms with Crippen LogP contribution in [-0.2, 0) is 0 Å². The van der Waals surface area contributed by atoms with Crippen LogP contribution < -0.4 is 0 Å². The molecule has 0 aliphatic rings. The summed E-state index contributed by atoms with van der Waals surface area (Å²) >= 11 is 0. The highest BCUT2D eigenvalue weighted by molar-refractivity contribution is 4.83. The van der Waals surface area contributed by atoms with Gasteiger partial charge in [0.05, 0.1) is 6.42 Å². The Bertz CT molecular complexity index is 173. The summed E-state index contributed by atoms with van der Waals surface area (Å²) in [6.07, 6.45) is -15.1.